The molecule has 1 aromatic rings. The Kier molecular flexibility index (Phi) is 2.43. The van der Waals surface area contributed by atoms with Crippen molar-refractivity contribution in [2.45, 2.75) is 0 Å². The molecule has 0 unspecified atom stereocenters. The Bertz CT molecular complexity index is 322. The van der Waals surface area contributed by atoms with E-state index in [1.54, 1.807) is 0 Å². The number of hydrogen-bond acceptors (Lipinski definition) is 4. The molecule has 0 aromatic carbocycles. The van der Waals surface area contributed by atoms with Gasteiger partial charge in [0, 0.05) is 16.8 Å². The SMILES string of the molecule is COc1cc(C#N)cnc1OF. The van der Waals surface area contributed by atoms with Gasteiger partial charge in [-0.05, 0) is 0 Å². The van der Waals surface area contributed by atoms with Crippen molar-refractivity contribution in [2.75, 3.05) is 7.11 Å². The molecule has 0 atom stereocenters. The van der Waals surface area contributed by atoms with Crippen molar-refractivity contribution in [3.8, 4) is 17.7 Å². The summed E-state index contributed by atoms with van der Waals surface area (Å²) in [4.78, 5) is 6.88. The van der Waals surface area contributed by atoms with E-state index in [1.807, 2.05) is 6.07 Å². The Labute approximate surface area is 68.1 Å². The third-order valence-corrected chi connectivity index (χ3v) is 1.24. The zero-order chi connectivity index (χ0) is 8.97. The largest absolute Gasteiger partial charge is 0.491 e. The van der Waals surface area contributed by atoms with Gasteiger partial charge in [-0.3, -0.25) is 4.94 Å². The highest BCUT2D eigenvalue weighted by Gasteiger charge is 2.07. The Hall–Kier alpha value is -1.83. The Morgan fingerprint density at radius 3 is 2.92 bits per heavy atom. The first kappa shape index (κ1) is 8.27. The molecule has 0 radical (unpaired) electrons. The highest BCUT2D eigenvalue weighted by molar-refractivity contribution is 5.40. The predicted molar refractivity (Wildman–Crippen MR) is 37.2 cm³/mol. The standard InChI is InChI=1S/C7H5FN2O2/c1-11-6-2-5(3-9)4-10-7(6)12-8/h2,4H,1H3. The van der Waals surface area contributed by atoms with Crippen LogP contribution >= 0.6 is 0 Å². The second-order valence-electron chi connectivity index (χ2n) is 1.92. The summed E-state index contributed by atoms with van der Waals surface area (Å²) < 4.78 is 16.4. The number of ether oxygens (including phenoxy) is 1. The van der Waals surface area contributed by atoms with Crippen molar-refractivity contribution in [3.63, 3.8) is 0 Å². The van der Waals surface area contributed by atoms with Gasteiger partial charge in [0.05, 0.1) is 12.7 Å². The number of aromatic nitrogens is 1. The quantitative estimate of drug-likeness (QED) is 0.666. The number of nitrogens with zero attached hydrogens (tertiary/aromatic N) is 2. The van der Waals surface area contributed by atoms with Crippen molar-refractivity contribution < 1.29 is 14.2 Å². The molecule has 0 saturated carbocycles. The summed E-state index contributed by atoms with van der Waals surface area (Å²) in [6.45, 7) is 0. The van der Waals surface area contributed by atoms with Crippen molar-refractivity contribution in [1.82, 2.24) is 4.98 Å². The van der Waals surface area contributed by atoms with E-state index in [-0.39, 0.29) is 17.2 Å². The maximum Gasteiger partial charge on any atom is 0.305 e. The van der Waals surface area contributed by atoms with Crippen molar-refractivity contribution in [1.29, 1.82) is 5.26 Å². The van der Waals surface area contributed by atoms with Crippen LogP contribution in [0.15, 0.2) is 12.3 Å². The zero-order valence-corrected chi connectivity index (χ0v) is 6.24. The van der Waals surface area contributed by atoms with Crippen molar-refractivity contribution in [2.24, 2.45) is 0 Å². The van der Waals surface area contributed by atoms with Crippen LogP contribution in [0.4, 0.5) is 4.53 Å². The minimum Gasteiger partial charge on any atom is -0.491 e. The fourth-order valence-corrected chi connectivity index (χ4v) is 0.697. The van der Waals surface area contributed by atoms with Crippen LogP contribution in [0.25, 0.3) is 0 Å². The molecule has 5 heteroatoms. The summed E-state index contributed by atoms with van der Waals surface area (Å²) in [5.41, 5.74) is 0.285. The van der Waals surface area contributed by atoms with E-state index in [0.29, 0.717) is 0 Å². The molecule has 0 N–H and O–H groups in total. The van der Waals surface area contributed by atoms with Gasteiger partial charge in [-0.15, -0.1) is 0 Å². The minimum atomic E-state index is -0.281. The number of nitriles is 1. The van der Waals surface area contributed by atoms with Gasteiger partial charge in [-0.1, -0.05) is 0 Å². The van der Waals surface area contributed by atoms with E-state index in [2.05, 4.69) is 9.93 Å². The van der Waals surface area contributed by atoms with Gasteiger partial charge in [0.25, 0.3) is 0 Å². The topological polar surface area (TPSA) is 55.1 Å². The number of halogens is 1. The lowest BCUT2D eigenvalue weighted by molar-refractivity contribution is -0.0147. The highest BCUT2D eigenvalue weighted by Crippen LogP contribution is 2.24. The van der Waals surface area contributed by atoms with E-state index in [1.165, 1.54) is 19.4 Å². The number of methoxy groups -OCH3 is 1. The van der Waals surface area contributed by atoms with Crippen molar-refractivity contribution >= 4 is 0 Å². The van der Waals surface area contributed by atoms with Gasteiger partial charge >= 0.3 is 5.88 Å². The lowest BCUT2D eigenvalue weighted by atomic mass is 10.3. The summed E-state index contributed by atoms with van der Waals surface area (Å²) in [7, 11) is 1.33. The summed E-state index contributed by atoms with van der Waals surface area (Å²) in [6.07, 6.45) is 1.19. The normalized spacial score (nSPS) is 8.75. The summed E-state index contributed by atoms with van der Waals surface area (Å²) in [5, 5.41) is 8.44. The van der Waals surface area contributed by atoms with Gasteiger partial charge in [-0.25, -0.2) is 4.98 Å². The Balaban J connectivity index is 3.13. The molecule has 62 valence electrons. The average Bonchev–Trinajstić information content (AvgIpc) is 2.16. The Morgan fingerprint density at radius 2 is 2.42 bits per heavy atom. The first-order valence-corrected chi connectivity index (χ1v) is 3.04. The fraction of sp³-hybridized carbons (Fsp3) is 0.143. The second-order valence-corrected chi connectivity index (χ2v) is 1.92. The van der Waals surface area contributed by atoms with Crippen LogP contribution in [0.5, 0.6) is 11.6 Å². The molecule has 0 aliphatic rings. The van der Waals surface area contributed by atoms with Gasteiger partial charge in [0.1, 0.15) is 6.07 Å². The van der Waals surface area contributed by atoms with Gasteiger partial charge in [0.2, 0.25) is 0 Å². The lowest BCUT2D eigenvalue weighted by Gasteiger charge is -2.01. The third kappa shape index (κ3) is 1.42. The fourth-order valence-electron chi connectivity index (χ4n) is 0.697. The molecule has 0 amide bonds. The molecular formula is C7H5FN2O2. The third-order valence-electron chi connectivity index (χ3n) is 1.24. The summed E-state index contributed by atoms with van der Waals surface area (Å²) >= 11 is 0. The van der Waals surface area contributed by atoms with Crippen LogP contribution in [0.3, 0.4) is 0 Å². The van der Waals surface area contributed by atoms with Crippen LogP contribution in [0.2, 0.25) is 0 Å². The summed E-state index contributed by atoms with van der Waals surface area (Å²) in [5.74, 6) is -0.187. The molecule has 1 aromatic heterocycles. The molecule has 1 heterocycles. The average molecular weight is 168 g/mol. The van der Waals surface area contributed by atoms with Crippen LogP contribution in [0, 0.1) is 11.3 Å². The number of hydrogen-bond donors (Lipinski definition) is 0. The zero-order valence-electron chi connectivity index (χ0n) is 6.24. The molecular weight excluding hydrogens is 163 g/mol. The van der Waals surface area contributed by atoms with E-state index in [0.717, 1.165) is 0 Å². The van der Waals surface area contributed by atoms with Crippen LogP contribution in [-0.2, 0) is 0 Å². The van der Waals surface area contributed by atoms with Gasteiger partial charge in [-0.2, -0.15) is 5.26 Å². The molecule has 0 aliphatic heterocycles. The van der Waals surface area contributed by atoms with E-state index in [9.17, 15) is 4.53 Å². The predicted octanol–water partition coefficient (Wildman–Crippen LogP) is 1.23. The van der Waals surface area contributed by atoms with Crippen molar-refractivity contribution in [3.05, 3.63) is 17.8 Å². The smallest absolute Gasteiger partial charge is 0.305 e. The number of pyridine rings is 1. The van der Waals surface area contributed by atoms with E-state index in [4.69, 9.17) is 10.00 Å². The summed E-state index contributed by atoms with van der Waals surface area (Å²) in [6, 6.07) is 3.17. The maximum atomic E-state index is 11.7. The molecule has 0 aliphatic carbocycles. The van der Waals surface area contributed by atoms with E-state index < -0.39 is 0 Å². The minimum absolute atomic E-state index is 0.0940. The monoisotopic (exact) mass is 168 g/mol. The highest BCUT2D eigenvalue weighted by atomic mass is 19.3. The molecule has 12 heavy (non-hydrogen) atoms. The second kappa shape index (κ2) is 3.53. The molecule has 0 bridgehead atoms. The van der Waals surface area contributed by atoms with Gasteiger partial charge in [0.15, 0.2) is 5.75 Å². The van der Waals surface area contributed by atoms with Gasteiger partial charge < -0.3 is 4.74 Å². The number of rotatable bonds is 2. The van der Waals surface area contributed by atoms with Crippen LogP contribution in [-0.4, -0.2) is 12.1 Å². The molecule has 1 rings (SSSR count). The van der Waals surface area contributed by atoms with Crippen LogP contribution in [0.1, 0.15) is 5.56 Å². The first-order valence-electron chi connectivity index (χ1n) is 3.04. The molecule has 0 fully saturated rings. The molecule has 0 spiro atoms. The lowest BCUT2D eigenvalue weighted by Crippen LogP contribution is -1.91. The van der Waals surface area contributed by atoms with Crippen LogP contribution < -0.4 is 9.68 Å². The first-order chi connectivity index (χ1) is 5.81. The molecule has 0 saturated heterocycles. The Morgan fingerprint density at radius 1 is 1.67 bits per heavy atom. The van der Waals surface area contributed by atoms with E-state index >= 15 is 0 Å². The maximum absolute atomic E-state index is 11.7. The molecule has 4 nitrogen and oxygen atoms in total.